The van der Waals surface area contributed by atoms with Gasteiger partial charge < -0.3 is 29.8 Å². The number of aliphatic hydroxyl groups excluding tert-OH is 1. The van der Waals surface area contributed by atoms with Gasteiger partial charge in [-0.15, -0.1) is 12.8 Å². The summed E-state index contributed by atoms with van der Waals surface area (Å²) < 4.78 is 44.7. The first kappa shape index (κ1) is 59.1. The Morgan fingerprint density at radius 3 is 1.44 bits per heavy atom. The van der Waals surface area contributed by atoms with Crippen molar-refractivity contribution in [2.75, 3.05) is 39.8 Å². The van der Waals surface area contributed by atoms with Crippen molar-refractivity contribution < 1.29 is 46.9 Å². The van der Waals surface area contributed by atoms with Crippen LogP contribution in [-0.2, 0) is 9.84 Å². The fourth-order valence-corrected chi connectivity index (χ4v) is 9.56. The maximum absolute atomic E-state index is 13.3. The van der Waals surface area contributed by atoms with Crippen LogP contribution in [0, 0.1) is 24.7 Å². The van der Waals surface area contributed by atoms with Gasteiger partial charge in [-0.25, -0.2) is 18.4 Å². The van der Waals surface area contributed by atoms with E-state index in [4.69, 9.17) is 52.6 Å². The van der Waals surface area contributed by atoms with E-state index in [2.05, 4.69) is 63.8 Å². The molecular weight excluding hydrogens is 1040 g/mol. The van der Waals surface area contributed by atoms with Crippen molar-refractivity contribution in [3.63, 3.8) is 0 Å². The van der Waals surface area contributed by atoms with E-state index in [9.17, 15) is 22.8 Å². The molecule has 9 aromatic rings. The first-order valence-corrected chi connectivity index (χ1v) is 27.5. The van der Waals surface area contributed by atoms with E-state index >= 15 is 0 Å². The number of methoxy groups -OCH3 is 2. The highest BCUT2D eigenvalue weighted by molar-refractivity contribution is 7.91. The van der Waals surface area contributed by atoms with E-state index in [1.54, 1.807) is 56.7 Å². The molecule has 81 heavy (non-hydrogen) atoms. The van der Waals surface area contributed by atoms with Gasteiger partial charge in [0.15, 0.2) is 9.84 Å². The summed E-state index contributed by atoms with van der Waals surface area (Å²) in [4.78, 5) is 47.0. The predicted octanol–water partition coefficient (Wildman–Crippen LogP) is 12.1. The number of amides is 1. The molecule has 3 N–H and O–H groups in total. The van der Waals surface area contributed by atoms with E-state index in [0.717, 1.165) is 44.1 Å². The van der Waals surface area contributed by atoms with Gasteiger partial charge in [-0.3, -0.25) is 14.4 Å². The number of aliphatic hydroxyl groups is 1. The Morgan fingerprint density at radius 2 is 1.00 bits per heavy atom. The zero-order valence-corrected chi connectivity index (χ0v) is 46.6. The fraction of sp³-hybridized carbons (Fsp3) is 0.179. The van der Waals surface area contributed by atoms with Crippen LogP contribution in [0.15, 0.2) is 175 Å². The van der Waals surface area contributed by atoms with Gasteiger partial charge >= 0.3 is 0 Å². The molecule has 14 heteroatoms. The minimum absolute atomic E-state index is 0.00662. The molecule has 0 radical (unpaired) electrons. The second-order valence-electron chi connectivity index (χ2n) is 19.1. The molecule has 2 heterocycles. The van der Waals surface area contributed by atoms with E-state index in [0.29, 0.717) is 57.3 Å². The summed E-state index contributed by atoms with van der Waals surface area (Å²) in [6.07, 6.45) is 10.7. The summed E-state index contributed by atoms with van der Waals surface area (Å²) in [5.41, 5.74) is 12.8. The van der Waals surface area contributed by atoms with Gasteiger partial charge in [0.25, 0.3) is 0 Å². The van der Waals surface area contributed by atoms with Crippen LogP contribution < -0.4 is 24.7 Å². The van der Waals surface area contributed by atoms with Crippen molar-refractivity contribution in [2.45, 2.75) is 44.4 Å². The second kappa shape index (κ2) is 27.3. The van der Waals surface area contributed by atoms with Crippen LogP contribution in [0.1, 0.15) is 93.1 Å². The summed E-state index contributed by atoms with van der Waals surface area (Å²) in [5, 5.41) is 12.2. The first-order valence-electron chi connectivity index (χ1n) is 25.8. The molecule has 0 bridgehead atoms. The van der Waals surface area contributed by atoms with Crippen LogP contribution in [-0.4, -0.2) is 80.8 Å². The van der Waals surface area contributed by atoms with Crippen LogP contribution in [0.25, 0.3) is 44.1 Å². The van der Waals surface area contributed by atoms with Gasteiger partial charge in [0.2, 0.25) is 17.5 Å². The zero-order chi connectivity index (χ0) is 58.2. The third-order valence-corrected chi connectivity index (χ3v) is 14.6. The number of hydrogen-bond acceptors (Lipinski definition) is 12. The Hall–Kier alpha value is -9.60. The quantitative estimate of drug-likeness (QED) is 0.0611. The van der Waals surface area contributed by atoms with Crippen LogP contribution >= 0.6 is 0 Å². The SMILES string of the molecule is C#CCOc1ccc2cc(C(=O)c3ccc(OC)cc3)nc(-c3ccc(C(C)C)cc3)c2c1.C#CCOc1ccc2cc(C(=O)c3cccc(OC)c3)nc(-c3ccc(C(C)C)cc3)c2c1.NC(=O)c1cccc(S(=O)(=O)CCO)c1. The Bertz CT molecular complexity index is 3920. The van der Waals surface area contributed by atoms with Gasteiger partial charge in [-0.2, -0.15) is 0 Å². The molecule has 7 aromatic carbocycles. The molecular formula is C67H61N3O10S. The summed E-state index contributed by atoms with van der Waals surface area (Å²) in [6, 6.07) is 51.2. The molecule has 0 fully saturated rings. The lowest BCUT2D eigenvalue weighted by Crippen LogP contribution is -2.14. The summed E-state index contributed by atoms with van der Waals surface area (Å²) in [5.74, 6) is 7.11. The maximum atomic E-state index is 13.3. The van der Waals surface area contributed by atoms with Crippen LogP contribution in [0.2, 0.25) is 0 Å². The van der Waals surface area contributed by atoms with E-state index < -0.39 is 22.4 Å². The average Bonchev–Trinajstić information content (AvgIpc) is 3.59. The van der Waals surface area contributed by atoms with Crippen molar-refractivity contribution >= 4 is 48.9 Å². The van der Waals surface area contributed by atoms with E-state index in [1.807, 2.05) is 78.9 Å². The monoisotopic (exact) mass is 1100 g/mol. The largest absolute Gasteiger partial charge is 0.497 e. The Balaban J connectivity index is 0.000000188. The molecule has 13 nitrogen and oxygen atoms in total. The highest BCUT2D eigenvalue weighted by Gasteiger charge is 2.20. The van der Waals surface area contributed by atoms with Gasteiger partial charge in [-0.1, -0.05) is 118 Å². The predicted molar refractivity (Wildman–Crippen MR) is 318 cm³/mol. The number of fused-ring (bicyclic) bond motifs is 2. The van der Waals surface area contributed by atoms with Crippen molar-refractivity contribution in [2.24, 2.45) is 5.73 Å². The van der Waals surface area contributed by atoms with Gasteiger partial charge in [0.05, 0.1) is 42.9 Å². The molecule has 9 rings (SSSR count). The highest BCUT2D eigenvalue weighted by Crippen LogP contribution is 2.35. The average molecular weight is 1100 g/mol. The Morgan fingerprint density at radius 1 is 0.543 bits per heavy atom. The number of hydrogen-bond donors (Lipinski definition) is 2. The molecule has 0 aliphatic heterocycles. The number of ketones is 2. The van der Waals surface area contributed by atoms with Gasteiger partial charge in [0, 0.05) is 38.6 Å². The lowest BCUT2D eigenvalue weighted by molar-refractivity contribution is 0.0997. The van der Waals surface area contributed by atoms with Crippen molar-refractivity contribution in [3.8, 4) is 70.2 Å². The lowest BCUT2D eigenvalue weighted by Gasteiger charge is -2.13. The maximum Gasteiger partial charge on any atom is 0.248 e. The molecule has 0 aliphatic carbocycles. The second-order valence-corrected chi connectivity index (χ2v) is 21.2. The summed E-state index contributed by atoms with van der Waals surface area (Å²) in [7, 11) is -0.347. The lowest BCUT2D eigenvalue weighted by atomic mass is 9.97. The summed E-state index contributed by atoms with van der Waals surface area (Å²) in [6.45, 7) is 8.55. The number of terminal acetylenes is 2. The number of nitrogens with two attached hydrogens (primary N) is 1. The smallest absolute Gasteiger partial charge is 0.248 e. The number of primary amides is 1. The molecule has 1 amide bonds. The van der Waals surface area contributed by atoms with Crippen LogP contribution in [0.3, 0.4) is 0 Å². The number of pyridine rings is 2. The standard InChI is InChI=1S/2C29H25NO3.C9H11NO4S/c1-5-16-33-25-15-12-23-17-27(29(31)22-10-13-24(32-4)14-11-22)30-28(26(23)18-25)21-8-6-20(7-9-21)19(2)3;1-5-15-33-25-14-13-22-17-27(29(31)23-7-6-8-24(16-23)32-4)30-28(26(22)18-25)21-11-9-20(10-12-21)19(2)3;10-9(12)7-2-1-3-8(6-7)15(13,14)5-4-11/h1,6-15,17-19H,16H2,2-4H3;1,6-14,16-19H,15H2,2-4H3;1-3,6,11H,4-5H2,(H2,10,12). The fourth-order valence-electron chi connectivity index (χ4n) is 8.49. The Labute approximate surface area is 472 Å². The number of carbonyl (C=O) groups is 3. The molecule has 0 spiro atoms. The molecule has 0 aliphatic rings. The van der Waals surface area contributed by atoms with Crippen LogP contribution in [0.5, 0.6) is 23.0 Å². The number of benzene rings is 7. The minimum Gasteiger partial charge on any atom is -0.497 e. The molecule has 0 saturated heterocycles. The number of carbonyl (C=O) groups excluding carboxylic acids is 3. The van der Waals surface area contributed by atoms with Gasteiger partial charge in [-0.05, 0) is 125 Å². The summed E-state index contributed by atoms with van der Waals surface area (Å²) >= 11 is 0. The topological polar surface area (TPSA) is 194 Å². The number of sulfone groups is 1. The molecule has 0 unspecified atom stereocenters. The highest BCUT2D eigenvalue weighted by atomic mass is 32.2. The molecule has 2 aromatic heterocycles. The van der Waals surface area contributed by atoms with E-state index in [1.165, 1.54) is 35.4 Å². The normalized spacial score (nSPS) is 10.9. The van der Waals surface area contributed by atoms with E-state index in [-0.39, 0.29) is 41.0 Å². The number of rotatable bonds is 18. The van der Waals surface area contributed by atoms with Crippen molar-refractivity contribution in [1.82, 2.24) is 9.97 Å². The zero-order valence-electron chi connectivity index (χ0n) is 45.8. The van der Waals surface area contributed by atoms with Crippen molar-refractivity contribution in [1.29, 1.82) is 0 Å². The minimum atomic E-state index is -3.52. The molecule has 0 atom stereocenters. The van der Waals surface area contributed by atoms with Crippen LogP contribution in [0.4, 0.5) is 0 Å². The number of ether oxygens (including phenoxy) is 4. The number of aromatic nitrogens is 2. The third-order valence-electron chi connectivity index (χ3n) is 12.9. The molecule has 410 valence electrons. The number of nitrogens with zero attached hydrogens (tertiary/aromatic N) is 2. The Kier molecular flexibility index (Phi) is 19.9. The first-order chi connectivity index (χ1) is 39.0. The van der Waals surface area contributed by atoms with Crippen molar-refractivity contribution in [3.05, 3.63) is 209 Å². The third kappa shape index (κ3) is 15.0. The molecule has 0 saturated carbocycles. The van der Waals surface area contributed by atoms with Gasteiger partial charge in [0.1, 0.15) is 47.6 Å².